The Balaban J connectivity index is 2.81. The van der Waals surface area contributed by atoms with Crippen molar-refractivity contribution in [2.45, 2.75) is 19.9 Å². The molecule has 0 amide bonds. The van der Waals surface area contributed by atoms with Crippen LogP contribution in [-0.4, -0.2) is 23.8 Å². The van der Waals surface area contributed by atoms with Gasteiger partial charge >= 0.3 is 0 Å². The van der Waals surface area contributed by atoms with Gasteiger partial charge in [-0.3, -0.25) is 0 Å². The second-order valence-corrected chi connectivity index (χ2v) is 3.12. The maximum Gasteiger partial charge on any atom is 0.150 e. The summed E-state index contributed by atoms with van der Waals surface area (Å²) in [6.07, 6.45) is 0. The molecule has 13 heavy (non-hydrogen) atoms. The second-order valence-electron chi connectivity index (χ2n) is 3.12. The molecule has 0 aliphatic rings. The Morgan fingerprint density at radius 1 is 1.46 bits per heavy atom. The molecule has 2 N–H and O–H groups in total. The Morgan fingerprint density at radius 2 is 2.15 bits per heavy atom. The van der Waals surface area contributed by atoms with E-state index < -0.39 is 0 Å². The highest BCUT2D eigenvalue weighted by atomic mass is 15.2. The predicted octanol–water partition coefficient (Wildman–Crippen LogP) is 0.952. The van der Waals surface area contributed by atoms with Crippen molar-refractivity contribution in [1.29, 1.82) is 0 Å². The highest BCUT2D eigenvalue weighted by Crippen LogP contribution is 2.10. The monoisotopic (exact) mass is 180 g/mol. The lowest BCUT2D eigenvalue weighted by Crippen LogP contribution is -2.18. The molecule has 0 aliphatic carbocycles. The lowest BCUT2D eigenvalue weighted by atomic mass is 10.2. The molecule has 4 nitrogen and oxygen atoms in total. The zero-order valence-corrected chi connectivity index (χ0v) is 8.36. The number of hydrogen-bond acceptors (Lipinski definition) is 4. The van der Waals surface area contributed by atoms with Gasteiger partial charge in [0.15, 0.2) is 5.82 Å². The van der Waals surface area contributed by atoms with Gasteiger partial charge in [0.25, 0.3) is 0 Å². The number of hydrogen-bond donors (Lipinski definition) is 1. The normalized spacial score (nSPS) is 12.6. The van der Waals surface area contributed by atoms with Crippen molar-refractivity contribution in [2.75, 3.05) is 18.5 Å². The second kappa shape index (κ2) is 4.18. The molecule has 1 heterocycles. The molecule has 0 aromatic carbocycles. The standard InChI is InChI=1S/C9H16N4/c1-4-13(3)9-6-5-8(7(2)10)11-12-9/h5-7H,4,10H2,1-3H3. The summed E-state index contributed by atoms with van der Waals surface area (Å²) >= 11 is 0. The summed E-state index contributed by atoms with van der Waals surface area (Å²) in [7, 11) is 1.98. The first-order valence-corrected chi connectivity index (χ1v) is 4.45. The Bertz CT molecular complexity index is 255. The van der Waals surface area contributed by atoms with Crippen molar-refractivity contribution in [3.63, 3.8) is 0 Å². The lowest BCUT2D eigenvalue weighted by molar-refractivity contribution is 0.746. The van der Waals surface area contributed by atoms with Crippen LogP contribution in [-0.2, 0) is 0 Å². The minimum absolute atomic E-state index is 0.0477. The van der Waals surface area contributed by atoms with Crippen LogP contribution in [0, 0.1) is 0 Å². The highest BCUT2D eigenvalue weighted by molar-refractivity contribution is 5.35. The van der Waals surface area contributed by atoms with Crippen molar-refractivity contribution < 1.29 is 0 Å². The summed E-state index contributed by atoms with van der Waals surface area (Å²) in [5.74, 6) is 0.881. The van der Waals surface area contributed by atoms with Crippen molar-refractivity contribution in [3.05, 3.63) is 17.8 Å². The number of nitrogens with two attached hydrogens (primary N) is 1. The molecule has 0 saturated heterocycles. The molecular formula is C9H16N4. The zero-order valence-electron chi connectivity index (χ0n) is 8.36. The maximum absolute atomic E-state index is 5.66. The molecule has 0 aliphatic heterocycles. The number of rotatable bonds is 3. The van der Waals surface area contributed by atoms with E-state index in [4.69, 9.17) is 5.73 Å². The van der Waals surface area contributed by atoms with Crippen molar-refractivity contribution in [3.8, 4) is 0 Å². The lowest BCUT2D eigenvalue weighted by Gasteiger charge is -2.14. The van der Waals surface area contributed by atoms with Crippen LogP contribution in [0.15, 0.2) is 12.1 Å². The van der Waals surface area contributed by atoms with Crippen LogP contribution in [0.2, 0.25) is 0 Å². The van der Waals surface area contributed by atoms with Gasteiger partial charge in [-0.2, -0.15) is 5.10 Å². The van der Waals surface area contributed by atoms with E-state index in [0.29, 0.717) is 0 Å². The van der Waals surface area contributed by atoms with Gasteiger partial charge in [-0.05, 0) is 26.0 Å². The van der Waals surface area contributed by atoms with Crippen LogP contribution in [0.3, 0.4) is 0 Å². The smallest absolute Gasteiger partial charge is 0.150 e. The van der Waals surface area contributed by atoms with Crippen LogP contribution in [0.4, 0.5) is 5.82 Å². The zero-order chi connectivity index (χ0) is 9.84. The summed E-state index contributed by atoms with van der Waals surface area (Å²) in [5.41, 5.74) is 6.48. The Hall–Kier alpha value is -1.16. The minimum Gasteiger partial charge on any atom is -0.358 e. The molecule has 1 unspecified atom stereocenters. The average Bonchev–Trinajstić information content (AvgIpc) is 2.17. The largest absolute Gasteiger partial charge is 0.358 e. The Labute approximate surface area is 78.8 Å². The van der Waals surface area contributed by atoms with Crippen LogP contribution in [0.1, 0.15) is 25.6 Å². The van der Waals surface area contributed by atoms with Crippen molar-refractivity contribution >= 4 is 5.82 Å². The molecule has 72 valence electrons. The van der Waals surface area contributed by atoms with Gasteiger partial charge < -0.3 is 10.6 Å². The van der Waals surface area contributed by atoms with Gasteiger partial charge in [-0.25, -0.2) is 0 Å². The molecule has 0 radical (unpaired) electrons. The van der Waals surface area contributed by atoms with Crippen LogP contribution >= 0.6 is 0 Å². The topological polar surface area (TPSA) is 55.0 Å². The third kappa shape index (κ3) is 2.39. The van der Waals surface area contributed by atoms with Crippen molar-refractivity contribution in [1.82, 2.24) is 10.2 Å². The fourth-order valence-corrected chi connectivity index (χ4v) is 0.944. The summed E-state index contributed by atoms with van der Waals surface area (Å²) in [6, 6.07) is 3.81. The molecule has 0 spiro atoms. The maximum atomic E-state index is 5.66. The molecule has 1 atom stereocenters. The third-order valence-electron chi connectivity index (χ3n) is 2.00. The first kappa shape index (κ1) is 9.92. The molecule has 4 heteroatoms. The van der Waals surface area contributed by atoms with Gasteiger partial charge in [0, 0.05) is 19.6 Å². The van der Waals surface area contributed by atoms with Crippen LogP contribution < -0.4 is 10.6 Å². The molecule has 0 fully saturated rings. The first-order valence-electron chi connectivity index (χ1n) is 4.45. The quantitative estimate of drug-likeness (QED) is 0.752. The van der Waals surface area contributed by atoms with Gasteiger partial charge in [-0.1, -0.05) is 0 Å². The Kier molecular flexibility index (Phi) is 3.19. The first-order chi connectivity index (χ1) is 6.15. The molecule has 1 rings (SSSR count). The van der Waals surface area contributed by atoms with Gasteiger partial charge in [0.2, 0.25) is 0 Å². The van der Waals surface area contributed by atoms with Crippen molar-refractivity contribution in [2.24, 2.45) is 5.73 Å². The van der Waals surface area contributed by atoms with E-state index >= 15 is 0 Å². The van der Waals surface area contributed by atoms with E-state index in [1.165, 1.54) is 0 Å². The highest BCUT2D eigenvalue weighted by Gasteiger charge is 2.03. The molecular weight excluding hydrogens is 164 g/mol. The molecule has 1 aromatic rings. The fourth-order valence-electron chi connectivity index (χ4n) is 0.944. The fraction of sp³-hybridized carbons (Fsp3) is 0.556. The summed E-state index contributed by atoms with van der Waals surface area (Å²) < 4.78 is 0. The van der Waals surface area contributed by atoms with E-state index in [1.807, 2.05) is 31.0 Å². The molecule has 0 bridgehead atoms. The molecule has 1 aromatic heterocycles. The third-order valence-corrected chi connectivity index (χ3v) is 2.00. The van der Waals surface area contributed by atoms with E-state index in [1.54, 1.807) is 0 Å². The van der Waals surface area contributed by atoms with E-state index in [2.05, 4.69) is 17.1 Å². The van der Waals surface area contributed by atoms with Gasteiger partial charge in [0.05, 0.1) is 5.69 Å². The number of aromatic nitrogens is 2. The predicted molar refractivity (Wildman–Crippen MR) is 53.6 cm³/mol. The summed E-state index contributed by atoms with van der Waals surface area (Å²) in [5, 5.41) is 8.10. The SMILES string of the molecule is CCN(C)c1ccc(C(C)N)nn1. The van der Waals surface area contributed by atoms with E-state index in [0.717, 1.165) is 18.1 Å². The number of anilines is 1. The van der Waals surface area contributed by atoms with Crippen LogP contribution in [0.25, 0.3) is 0 Å². The summed E-state index contributed by atoms with van der Waals surface area (Å²) in [6.45, 7) is 4.89. The Morgan fingerprint density at radius 3 is 2.54 bits per heavy atom. The van der Waals surface area contributed by atoms with Gasteiger partial charge in [-0.15, -0.1) is 5.10 Å². The average molecular weight is 180 g/mol. The van der Waals surface area contributed by atoms with E-state index in [9.17, 15) is 0 Å². The van der Waals surface area contributed by atoms with Crippen LogP contribution in [0.5, 0.6) is 0 Å². The van der Waals surface area contributed by atoms with E-state index in [-0.39, 0.29) is 6.04 Å². The van der Waals surface area contributed by atoms with Gasteiger partial charge in [0.1, 0.15) is 0 Å². The minimum atomic E-state index is -0.0477. The molecule has 0 saturated carbocycles. The summed E-state index contributed by atoms with van der Waals surface area (Å²) in [4.78, 5) is 2.03. The number of nitrogens with zero attached hydrogens (tertiary/aromatic N) is 3.